The molecule has 5 atom stereocenters. The predicted molar refractivity (Wildman–Crippen MR) is 149 cm³/mol. The van der Waals surface area contributed by atoms with Crippen LogP contribution >= 0.6 is 0 Å². The van der Waals surface area contributed by atoms with Gasteiger partial charge in [-0.1, -0.05) is 36.4 Å². The molecule has 3 aliphatic carbocycles. The number of aliphatic hydroxyl groups excluding tert-OH is 2. The van der Waals surface area contributed by atoms with Crippen LogP contribution in [-0.4, -0.2) is 49.8 Å². The minimum Gasteiger partial charge on any atom is -0.511 e. The highest BCUT2D eigenvalue weighted by molar-refractivity contribution is 6.21. The number of nitrogens with zero attached hydrogens (tertiary/aromatic N) is 1. The van der Waals surface area contributed by atoms with Gasteiger partial charge in [0, 0.05) is 30.6 Å². The van der Waals surface area contributed by atoms with Gasteiger partial charge >= 0.3 is 0 Å². The van der Waals surface area contributed by atoms with E-state index in [2.05, 4.69) is 43.0 Å². The lowest BCUT2D eigenvalue weighted by Crippen LogP contribution is -2.44. The number of fused-ring (bicyclic) bond motifs is 3. The molecule has 40 heavy (non-hydrogen) atoms. The van der Waals surface area contributed by atoms with Gasteiger partial charge in [0.2, 0.25) is 0 Å². The Morgan fingerprint density at radius 3 is 2.45 bits per heavy atom. The third-order valence-corrected chi connectivity index (χ3v) is 9.09. The van der Waals surface area contributed by atoms with Gasteiger partial charge in [0.25, 0.3) is 5.91 Å². The standard InChI is InChI=1S/C32H32N2O6/c1-15-6-7-16(2)34(15)14-17-4-3-5-18(10-17)21-8-9-23(35)27-22(21)12-19-11-20-13-24(36)28(32(33)40)31(39)26(20)29(37)25(19)30(27)38/h3-10,15-16,19-20,26,35,38-39H,11-14H2,1-2H3,(H2,33,40). The van der Waals surface area contributed by atoms with Crippen molar-refractivity contribution < 1.29 is 29.7 Å². The molecule has 2 aromatic carbocycles. The van der Waals surface area contributed by atoms with E-state index in [1.54, 1.807) is 0 Å². The van der Waals surface area contributed by atoms with Crippen LogP contribution in [0.4, 0.5) is 0 Å². The molecule has 5 N–H and O–H groups in total. The first-order valence-electron chi connectivity index (χ1n) is 13.7. The molecule has 1 fully saturated rings. The van der Waals surface area contributed by atoms with Gasteiger partial charge in [-0.05, 0) is 72.9 Å². The van der Waals surface area contributed by atoms with E-state index in [1.807, 2.05) is 18.2 Å². The molecule has 1 saturated carbocycles. The number of aromatic hydroxyl groups is 1. The minimum absolute atomic E-state index is 0.0761. The lowest BCUT2D eigenvalue weighted by molar-refractivity contribution is -0.127. The van der Waals surface area contributed by atoms with Crippen LogP contribution < -0.4 is 5.73 Å². The number of phenolic OH excluding ortho intramolecular Hbond substituents is 1. The predicted octanol–water partition coefficient (Wildman–Crippen LogP) is 4.12. The van der Waals surface area contributed by atoms with E-state index < -0.39 is 46.6 Å². The van der Waals surface area contributed by atoms with Crippen molar-refractivity contribution in [2.24, 2.45) is 23.5 Å². The van der Waals surface area contributed by atoms with E-state index in [0.29, 0.717) is 24.9 Å². The summed E-state index contributed by atoms with van der Waals surface area (Å²) < 4.78 is 0. The molecule has 5 unspecified atom stereocenters. The molecule has 0 spiro atoms. The van der Waals surface area contributed by atoms with Crippen molar-refractivity contribution >= 4 is 23.2 Å². The molecular weight excluding hydrogens is 508 g/mol. The number of hydrogen-bond donors (Lipinski definition) is 4. The highest BCUT2D eigenvalue weighted by Gasteiger charge is 2.51. The van der Waals surface area contributed by atoms with E-state index in [9.17, 15) is 29.7 Å². The van der Waals surface area contributed by atoms with E-state index in [4.69, 9.17) is 5.73 Å². The fourth-order valence-electron chi connectivity index (χ4n) is 7.16. The Morgan fingerprint density at radius 2 is 1.75 bits per heavy atom. The van der Waals surface area contributed by atoms with E-state index in [-0.39, 0.29) is 29.1 Å². The zero-order chi connectivity index (χ0) is 28.5. The summed E-state index contributed by atoms with van der Waals surface area (Å²) >= 11 is 0. The molecule has 1 heterocycles. The number of primary amides is 1. The average Bonchev–Trinajstić information content (AvgIpc) is 3.20. The number of carbonyl (C=O) groups is 3. The fraction of sp³-hybridized carbons (Fsp3) is 0.344. The summed E-state index contributed by atoms with van der Waals surface area (Å²) in [5.41, 5.74) is 8.76. The number of benzene rings is 2. The van der Waals surface area contributed by atoms with Crippen LogP contribution in [0.3, 0.4) is 0 Å². The topological polar surface area (TPSA) is 141 Å². The van der Waals surface area contributed by atoms with Crippen LogP contribution in [0.5, 0.6) is 5.75 Å². The number of phenols is 1. The van der Waals surface area contributed by atoms with Gasteiger partial charge < -0.3 is 21.1 Å². The molecule has 206 valence electrons. The van der Waals surface area contributed by atoms with Crippen molar-refractivity contribution in [3.05, 3.63) is 82.1 Å². The monoisotopic (exact) mass is 540 g/mol. The largest absolute Gasteiger partial charge is 0.511 e. The number of ketones is 2. The van der Waals surface area contributed by atoms with Crippen molar-refractivity contribution in [2.75, 3.05) is 0 Å². The molecule has 1 amide bonds. The first-order valence-corrected chi connectivity index (χ1v) is 13.7. The molecule has 0 radical (unpaired) electrons. The van der Waals surface area contributed by atoms with Crippen molar-refractivity contribution in [3.8, 4) is 16.9 Å². The smallest absolute Gasteiger partial charge is 0.255 e. The van der Waals surface area contributed by atoms with E-state index >= 15 is 0 Å². The molecule has 8 heteroatoms. The Kier molecular flexibility index (Phi) is 6.18. The van der Waals surface area contributed by atoms with Gasteiger partial charge in [0.05, 0.1) is 11.5 Å². The van der Waals surface area contributed by atoms with Crippen molar-refractivity contribution in [1.82, 2.24) is 4.90 Å². The van der Waals surface area contributed by atoms with Gasteiger partial charge in [0.1, 0.15) is 22.8 Å². The summed E-state index contributed by atoms with van der Waals surface area (Å²) in [6.45, 7) is 5.12. The van der Waals surface area contributed by atoms with E-state index in [0.717, 1.165) is 28.8 Å². The Hall–Kier alpha value is -4.17. The molecule has 0 aromatic heterocycles. The number of Topliss-reactive ketones (excluding diaryl/α,β-unsaturated/α-hetero) is 2. The molecule has 1 aliphatic heterocycles. The number of allylic oxidation sites excluding steroid dienone is 2. The summed E-state index contributed by atoms with van der Waals surface area (Å²) in [5.74, 6) is -5.29. The second-order valence-corrected chi connectivity index (χ2v) is 11.5. The molecule has 6 rings (SSSR count). The Bertz CT molecular complexity index is 1550. The quantitative estimate of drug-likeness (QED) is 0.338. The Labute approximate surface area is 232 Å². The van der Waals surface area contributed by atoms with Crippen molar-refractivity contribution in [1.29, 1.82) is 0 Å². The summed E-state index contributed by atoms with van der Waals surface area (Å²) in [6.07, 6.45) is 5.08. The van der Waals surface area contributed by atoms with E-state index in [1.165, 1.54) is 6.07 Å². The van der Waals surface area contributed by atoms with Gasteiger partial charge in [-0.15, -0.1) is 0 Å². The normalized spacial score (nSPS) is 28.0. The second kappa shape index (κ2) is 9.48. The zero-order valence-corrected chi connectivity index (χ0v) is 22.4. The number of rotatable bonds is 4. The number of amides is 1. The molecule has 4 aliphatic rings. The van der Waals surface area contributed by atoms with Crippen molar-refractivity contribution in [2.45, 2.75) is 51.7 Å². The maximum absolute atomic E-state index is 13.7. The zero-order valence-electron chi connectivity index (χ0n) is 22.4. The lowest BCUT2D eigenvalue weighted by Gasteiger charge is -2.41. The first kappa shape index (κ1) is 26.1. The van der Waals surface area contributed by atoms with Gasteiger partial charge in [-0.3, -0.25) is 19.3 Å². The lowest BCUT2D eigenvalue weighted by atomic mass is 9.61. The van der Waals surface area contributed by atoms with Crippen LogP contribution in [0.2, 0.25) is 0 Å². The average molecular weight is 541 g/mol. The van der Waals surface area contributed by atoms with Crippen LogP contribution in [0.15, 0.2) is 65.5 Å². The van der Waals surface area contributed by atoms with Crippen LogP contribution in [0, 0.1) is 17.8 Å². The summed E-state index contributed by atoms with van der Waals surface area (Å²) in [6, 6.07) is 12.2. The van der Waals surface area contributed by atoms with Gasteiger partial charge in [-0.25, -0.2) is 0 Å². The molecule has 8 nitrogen and oxygen atoms in total. The maximum atomic E-state index is 13.7. The van der Waals surface area contributed by atoms with Crippen LogP contribution in [0.25, 0.3) is 16.9 Å². The van der Waals surface area contributed by atoms with Crippen molar-refractivity contribution in [3.63, 3.8) is 0 Å². The van der Waals surface area contributed by atoms with Crippen LogP contribution in [-0.2, 0) is 27.3 Å². The Morgan fingerprint density at radius 1 is 1.02 bits per heavy atom. The summed E-state index contributed by atoms with van der Waals surface area (Å²) in [7, 11) is 0. The first-order chi connectivity index (χ1) is 19.1. The van der Waals surface area contributed by atoms with Gasteiger partial charge in [-0.2, -0.15) is 0 Å². The third-order valence-electron chi connectivity index (χ3n) is 9.09. The highest BCUT2D eigenvalue weighted by atomic mass is 16.3. The summed E-state index contributed by atoms with van der Waals surface area (Å²) in [5, 5.41) is 33.0. The second-order valence-electron chi connectivity index (χ2n) is 11.5. The number of aliphatic hydroxyl groups is 2. The Balaban J connectivity index is 1.41. The SMILES string of the molecule is CC1C=CC(C)N1Cc1cccc(-c2ccc(O)c3c2CC2CC4CC(=O)C(C(N)=O)=C(O)C4C(=O)C2=C3O)c1. The molecule has 2 aromatic rings. The maximum Gasteiger partial charge on any atom is 0.255 e. The molecular formula is C32H32N2O6. The molecule has 0 saturated heterocycles. The van der Waals surface area contributed by atoms with Crippen LogP contribution in [0.1, 0.15) is 43.4 Å². The minimum atomic E-state index is -1.12. The van der Waals surface area contributed by atoms with Gasteiger partial charge in [0.15, 0.2) is 11.6 Å². The number of hydrogen-bond acceptors (Lipinski definition) is 7. The molecule has 0 bridgehead atoms. The highest BCUT2D eigenvalue weighted by Crippen LogP contribution is 2.51. The third kappa shape index (κ3) is 3.97. The number of carbonyl (C=O) groups excluding carboxylic acids is 3. The summed E-state index contributed by atoms with van der Waals surface area (Å²) in [4.78, 5) is 40.4. The fourth-order valence-corrected chi connectivity index (χ4v) is 7.16. The number of nitrogens with two attached hydrogens (primary N) is 1.